The Morgan fingerprint density at radius 2 is 2.04 bits per heavy atom. The highest BCUT2D eigenvalue weighted by atomic mass is 17.2. The summed E-state index contributed by atoms with van der Waals surface area (Å²) in [5.41, 5.74) is 0.939. The molecule has 1 aromatic carbocycles. The van der Waals surface area contributed by atoms with E-state index in [0.717, 1.165) is 12.0 Å². The highest BCUT2D eigenvalue weighted by Crippen LogP contribution is 2.23. The first kappa shape index (κ1) is 20.6. The van der Waals surface area contributed by atoms with Crippen LogP contribution in [-0.2, 0) is 30.6 Å². The zero-order chi connectivity index (χ0) is 19.6. The van der Waals surface area contributed by atoms with Crippen LogP contribution < -0.4 is 0 Å². The second-order valence-electron chi connectivity index (χ2n) is 6.34. The number of ketones is 1. The predicted molar refractivity (Wildman–Crippen MR) is 100 cm³/mol. The molecule has 2 rings (SSSR count). The van der Waals surface area contributed by atoms with E-state index < -0.39 is 12.2 Å². The van der Waals surface area contributed by atoms with Crippen LogP contribution in [0.15, 0.2) is 54.6 Å². The van der Waals surface area contributed by atoms with Crippen LogP contribution in [-0.4, -0.2) is 34.8 Å². The van der Waals surface area contributed by atoms with E-state index >= 15 is 0 Å². The van der Waals surface area contributed by atoms with Crippen molar-refractivity contribution in [3.05, 3.63) is 60.2 Å². The fourth-order valence-electron chi connectivity index (χ4n) is 2.96. The molecule has 0 aliphatic carbocycles. The zero-order valence-corrected chi connectivity index (χ0v) is 15.7. The minimum atomic E-state index is -0.828. The van der Waals surface area contributed by atoms with Crippen molar-refractivity contribution in [2.24, 2.45) is 0 Å². The summed E-state index contributed by atoms with van der Waals surface area (Å²) in [5.74, 6) is -0.747. The molecule has 1 saturated heterocycles. The molecule has 1 aliphatic rings. The van der Waals surface area contributed by atoms with Crippen LogP contribution >= 0.6 is 0 Å². The molecule has 0 N–H and O–H groups in total. The fourth-order valence-corrected chi connectivity index (χ4v) is 2.96. The lowest BCUT2D eigenvalue weighted by atomic mass is 9.99. The molecule has 0 unspecified atom stereocenters. The van der Waals surface area contributed by atoms with E-state index in [4.69, 9.17) is 4.89 Å². The monoisotopic (exact) mass is 371 g/mol. The summed E-state index contributed by atoms with van der Waals surface area (Å²) in [7, 11) is 0. The van der Waals surface area contributed by atoms with Gasteiger partial charge in [0.2, 0.25) is 5.91 Å². The van der Waals surface area contributed by atoms with E-state index in [1.54, 1.807) is 25.2 Å². The Kier molecular flexibility index (Phi) is 7.95. The van der Waals surface area contributed by atoms with Gasteiger partial charge in [-0.15, -0.1) is 0 Å². The lowest BCUT2D eigenvalue weighted by Crippen LogP contribution is -2.49. The average Bonchev–Trinajstić information content (AvgIpc) is 2.64. The van der Waals surface area contributed by atoms with E-state index in [9.17, 15) is 14.4 Å². The molecule has 6 heteroatoms. The number of amides is 1. The molecule has 0 spiro atoms. The van der Waals surface area contributed by atoms with Gasteiger partial charge in [-0.05, 0) is 37.5 Å². The van der Waals surface area contributed by atoms with Gasteiger partial charge in [0.15, 0.2) is 12.0 Å². The third-order valence-electron chi connectivity index (χ3n) is 4.16. The van der Waals surface area contributed by atoms with Gasteiger partial charge in [-0.25, -0.2) is 4.79 Å². The fraction of sp³-hybridized carbons (Fsp3) is 0.381. The summed E-state index contributed by atoms with van der Waals surface area (Å²) >= 11 is 0. The van der Waals surface area contributed by atoms with Crippen LogP contribution in [0.1, 0.15) is 38.7 Å². The van der Waals surface area contributed by atoms with Gasteiger partial charge in [0.05, 0.1) is 6.04 Å². The molecular weight excluding hydrogens is 346 g/mol. The van der Waals surface area contributed by atoms with Crippen LogP contribution in [0.2, 0.25) is 0 Å². The summed E-state index contributed by atoms with van der Waals surface area (Å²) < 4.78 is 0. The van der Waals surface area contributed by atoms with Gasteiger partial charge in [0, 0.05) is 19.8 Å². The van der Waals surface area contributed by atoms with E-state index in [0.29, 0.717) is 19.3 Å². The van der Waals surface area contributed by atoms with E-state index in [-0.39, 0.29) is 17.7 Å². The Hall–Kier alpha value is -2.73. The van der Waals surface area contributed by atoms with E-state index in [1.165, 1.54) is 17.9 Å². The zero-order valence-electron chi connectivity index (χ0n) is 15.7. The number of hydrogen-bond acceptors (Lipinski definition) is 5. The molecule has 0 bridgehead atoms. The molecule has 2 atom stereocenters. The molecule has 144 valence electrons. The van der Waals surface area contributed by atoms with Crippen molar-refractivity contribution in [1.82, 2.24) is 4.90 Å². The number of carbonyl (C=O) groups is 3. The summed E-state index contributed by atoms with van der Waals surface area (Å²) in [6.45, 7) is 3.01. The molecule has 0 radical (unpaired) electrons. The number of likely N-dealkylation sites (tertiary alicyclic amines) is 1. The topological polar surface area (TPSA) is 72.9 Å². The average molecular weight is 371 g/mol. The first-order valence-corrected chi connectivity index (χ1v) is 9.04. The number of carbonyl (C=O) groups excluding carboxylic acids is 3. The van der Waals surface area contributed by atoms with Crippen LogP contribution in [0.5, 0.6) is 0 Å². The lowest BCUT2D eigenvalue weighted by Gasteiger charge is -2.37. The van der Waals surface area contributed by atoms with Crippen molar-refractivity contribution in [3.8, 4) is 0 Å². The summed E-state index contributed by atoms with van der Waals surface area (Å²) in [5, 5.41) is 0. The van der Waals surface area contributed by atoms with Crippen LogP contribution in [0.3, 0.4) is 0 Å². The molecule has 1 aliphatic heterocycles. The maximum absolute atomic E-state index is 12.5. The van der Waals surface area contributed by atoms with Gasteiger partial charge in [-0.2, -0.15) is 4.89 Å². The molecular formula is C21H25NO5. The maximum Gasteiger partial charge on any atom is 0.339 e. The second kappa shape index (κ2) is 10.4. The normalized spacial score (nSPS) is 18.8. The van der Waals surface area contributed by atoms with Gasteiger partial charge >= 0.3 is 5.97 Å². The molecule has 0 aromatic heterocycles. The molecule has 6 nitrogen and oxygen atoms in total. The van der Waals surface area contributed by atoms with Crippen molar-refractivity contribution in [2.45, 2.75) is 51.8 Å². The molecule has 1 aromatic rings. The van der Waals surface area contributed by atoms with Crippen LogP contribution in [0, 0.1) is 0 Å². The number of benzene rings is 1. The maximum atomic E-state index is 12.5. The van der Waals surface area contributed by atoms with Crippen molar-refractivity contribution in [3.63, 3.8) is 0 Å². The van der Waals surface area contributed by atoms with Gasteiger partial charge < -0.3 is 4.90 Å². The third kappa shape index (κ3) is 6.49. The lowest BCUT2D eigenvalue weighted by molar-refractivity contribution is -0.311. The van der Waals surface area contributed by atoms with Crippen molar-refractivity contribution >= 4 is 17.7 Å². The van der Waals surface area contributed by atoms with Crippen molar-refractivity contribution < 1.29 is 24.2 Å². The smallest absolute Gasteiger partial charge is 0.303 e. The van der Waals surface area contributed by atoms with Gasteiger partial charge in [-0.3, -0.25) is 14.5 Å². The first-order chi connectivity index (χ1) is 13.0. The highest BCUT2D eigenvalue weighted by Gasteiger charge is 2.33. The third-order valence-corrected chi connectivity index (χ3v) is 4.16. The predicted octanol–water partition coefficient (Wildman–Crippen LogP) is 3.13. The number of nitrogens with zero attached hydrogens (tertiary/aromatic N) is 1. The largest absolute Gasteiger partial charge is 0.339 e. The Balaban J connectivity index is 2.10. The SMILES string of the molecule is C/C=C\[C@@H](OOC(C)=O)N1C(=O)CCC[C@@H]1/C=C/C(=O)Cc1ccccc1. The minimum absolute atomic E-state index is 0.0392. The quantitative estimate of drug-likeness (QED) is 0.304. The van der Waals surface area contributed by atoms with Crippen molar-refractivity contribution in [2.75, 3.05) is 0 Å². The van der Waals surface area contributed by atoms with E-state index in [2.05, 4.69) is 4.89 Å². The Labute approximate surface area is 159 Å². The molecule has 27 heavy (non-hydrogen) atoms. The molecule has 1 fully saturated rings. The summed E-state index contributed by atoms with van der Waals surface area (Å²) in [4.78, 5) is 47.0. The summed E-state index contributed by atoms with van der Waals surface area (Å²) in [6.07, 6.45) is 7.91. The van der Waals surface area contributed by atoms with Gasteiger partial charge in [0.25, 0.3) is 0 Å². The number of allylic oxidation sites excluding steroid dienone is 2. The second-order valence-corrected chi connectivity index (χ2v) is 6.34. The summed E-state index contributed by atoms with van der Waals surface area (Å²) in [6, 6.07) is 9.18. The van der Waals surface area contributed by atoms with Crippen molar-refractivity contribution in [1.29, 1.82) is 0 Å². The number of hydrogen-bond donors (Lipinski definition) is 0. The number of rotatable bonds is 8. The van der Waals surface area contributed by atoms with Crippen LogP contribution in [0.25, 0.3) is 0 Å². The van der Waals surface area contributed by atoms with Gasteiger partial charge in [-0.1, -0.05) is 42.5 Å². The molecule has 1 amide bonds. The molecule has 0 saturated carbocycles. The Morgan fingerprint density at radius 1 is 1.30 bits per heavy atom. The first-order valence-electron chi connectivity index (χ1n) is 9.04. The standard InChI is InChI=1S/C21H25NO5/c1-3-8-21(27-26-16(2)23)22-18(11-7-12-20(22)25)13-14-19(24)15-17-9-5-4-6-10-17/h3-6,8-10,13-14,18,21H,7,11-12,15H2,1-2H3/b8-3-,14-13+/t18-,21-/m1/s1. The minimum Gasteiger partial charge on any atom is -0.303 e. The van der Waals surface area contributed by atoms with Gasteiger partial charge in [0.1, 0.15) is 0 Å². The Morgan fingerprint density at radius 3 is 2.70 bits per heavy atom. The van der Waals surface area contributed by atoms with Crippen LogP contribution in [0.4, 0.5) is 0 Å². The number of piperidine rings is 1. The Bertz CT molecular complexity index is 711. The molecule has 1 heterocycles. The highest BCUT2D eigenvalue weighted by molar-refractivity contribution is 5.91. The van der Waals surface area contributed by atoms with E-state index in [1.807, 2.05) is 30.3 Å².